The van der Waals surface area contributed by atoms with Crippen molar-refractivity contribution < 1.29 is 0 Å². The summed E-state index contributed by atoms with van der Waals surface area (Å²) >= 11 is 5.48. The van der Waals surface area contributed by atoms with Crippen LogP contribution in [0.5, 0.6) is 0 Å². The maximum atomic E-state index is 5.48. The molecule has 0 aliphatic rings. The molecule has 2 heteroatoms. The van der Waals surface area contributed by atoms with Crippen LogP contribution in [0.4, 0.5) is 0 Å². The number of benzene rings is 1. The fraction of sp³-hybridized carbons (Fsp3) is 0.286. The van der Waals surface area contributed by atoms with Gasteiger partial charge >= 0.3 is 0 Å². The molecule has 0 unspecified atom stereocenters. The van der Waals surface area contributed by atoms with Gasteiger partial charge in [0.2, 0.25) is 0 Å². The van der Waals surface area contributed by atoms with E-state index < -0.39 is 0 Å². The minimum Gasteiger partial charge on any atom is -0.256 e. The lowest BCUT2D eigenvalue weighted by Crippen LogP contribution is -2.19. The third-order valence-corrected chi connectivity index (χ3v) is 3.38. The van der Waals surface area contributed by atoms with E-state index in [0.29, 0.717) is 0 Å². The maximum Gasteiger partial charge on any atom is 0.0702 e. The van der Waals surface area contributed by atoms with E-state index in [2.05, 4.69) is 37.9 Å². The van der Waals surface area contributed by atoms with Crippen LogP contribution in [-0.2, 0) is 0 Å². The molecule has 0 saturated heterocycles. The first-order valence-corrected chi connectivity index (χ1v) is 5.79. The van der Waals surface area contributed by atoms with Crippen molar-refractivity contribution in [3.05, 3.63) is 42.1 Å². The number of hydrogen-bond acceptors (Lipinski definition) is 2. The van der Waals surface area contributed by atoms with E-state index in [-0.39, 0.29) is 5.41 Å². The lowest BCUT2D eigenvalue weighted by molar-refractivity contribution is 0.602. The minimum atomic E-state index is 0.0134. The van der Waals surface area contributed by atoms with Gasteiger partial charge in [-0.25, -0.2) is 0 Å². The Morgan fingerprint density at radius 3 is 2.56 bits per heavy atom. The zero-order chi connectivity index (χ0) is 11.8. The topological polar surface area (TPSA) is 12.9 Å². The van der Waals surface area contributed by atoms with Crippen molar-refractivity contribution in [2.24, 2.45) is 5.41 Å². The third kappa shape index (κ3) is 2.12. The van der Waals surface area contributed by atoms with E-state index in [1.165, 1.54) is 0 Å². The van der Waals surface area contributed by atoms with Crippen LogP contribution in [0.3, 0.4) is 0 Å². The van der Waals surface area contributed by atoms with Crippen molar-refractivity contribution in [1.82, 2.24) is 4.98 Å². The summed E-state index contributed by atoms with van der Waals surface area (Å²) < 4.78 is 0. The number of aromatic nitrogens is 1. The Bertz CT molecular complexity index is 538. The molecule has 0 saturated carbocycles. The normalized spacial score (nSPS) is 11.7. The first kappa shape index (κ1) is 11.2. The lowest BCUT2D eigenvalue weighted by atomic mass is 9.88. The predicted molar refractivity (Wildman–Crippen MR) is 72.9 cm³/mol. The number of thiocarbonyl (C=S) groups is 1. The number of rotatable bonds is 1. The van der Waals surface area contributed by atoms with Gasteiger partial charge in [0.15, 0.2) is 0 Å². The van der Waals surface area contributed by atoms with Crippen molar-refractivity contribution in [3.8, 4) is 0 Å². The summed E-state index contributed by atoms with van der Waals surface area (Å²) in [5.41, 5.74) is 2.09. The highest BCUT2D eigenvalue weighted by molar-refractivity contribution is 7.81. The zero-order valence-corrected chi connectivity index (χ0v) is 10.6. The molecule has 2 rings (SSSR count). The second kappa shape index (κ2) is 3.95. The Hall–Kier alpha value is -1.28. The van der Waals surface area contributed by atoms with Gasteiger partial charge in [-0.15, -0.1) is 0 Å². The summed E-state index contributed by atoms with van der Waals surface area (Å²) in [6.45, 7) is 6.39. The van der Waals surface area contributed by atoms with E-state index in [4.69, 9.17) is 12.2 Å². The second-order valence-corrected chi connectivity index (χ2v) is 5.40. The molecule has 0 bridgehead atoms. The molecule has 16 heavy (non-hydrogen) atoms. The van der Waals surface area contributed by atoms with Gasteiger partial charge in [0.05, 0.1) is 5.52 Å². The molecule has 0 aliphatic carbocycles. The Labute approximate surface area is 102 Å². The Kier molecular flexibility index (Phi) is 2.76. The van der Waals surface area contributed by atoms with Gasteiger partial charge < -0.3 is 0 Å². The van der Waals surface area contributed by atoms with Crippen LogP contribution in [0.2, 0.25) is 0 Å². The zero-order valence-electron chi connectivity index (χ0n) is 9.82. The summed E-state index contributed by atoms with van der Waals surface area (Å²) in [6.07, 6.45) is 1.87. The molecule has 2 aromatic rings. The van der Waals surface area contributed by atoms with Gasteiger partial charge in [-0.05, 0) is 17.5 Å². The highest BCUT2D eigenvalue weighted by Gasteiger charge is 2.18. The fourth-order valence-electron chi connectivity index (χ4n) is 1.63. The fourth-order valence-corrected chi connectivity index (χ4v) is 1.74. The first-order valence-electron chi connectivity index (χ1n) is 5.38. The monoisotopic (exact) mass is 229 g/mol. The molecule has 0 aliphatic heterocycles. The number of hydrogen-bond donors (Lipinski definition) is 0. The van der Waals surface area contributed by atoms with Crippen molar-refractivity contribution in [3.63, 3.8) is 0 Å². The van der Waals surface area contributed by atoms with Crippen molar-refractivity contribution in [2.75, 3.05) is 0 Å². The highest BCUT2D eigenvalue weighted by atomic mass is 32.1. The number of fused-ring (bicyclic) bond motifs is 1. The van der Waals surface area contributed by atoms with Crippen molar-refractivity contribution in [1.29, 1.82) is 0 Å². The molecule has 1 heterocycles. The molecule has 1 aromatic carbocycles. The van der Waals surface area contributed by atoms with E-state index in [0.717, 1.165) is 21.3 Å². The van der Waals surface area contributed by atoms with Crippen LogP contribution >= 0.6 is 12.2 Å². The molecular formula is C14H15NS. The highest BCUT2D eigenvalue weighted by Crippen LogP contribution is 2.23. The molecule has 1 nitrogen and oxygen atoms in total. The Morgan fingerprint density at radius 2 is 1.88 bits per heavy atom. The second-order valence-electron chi connectivity index (χ2n) is 5.00. The number of nitrogens with zero attached hydrogens (tertiary/aromatic N) is 1. The van der Waals surface area contributed by atoms with E-state index >= 15 is 0 Å². The Balaban J connectivity index is 2.52. The van der Waals surface area contributed by atoms with E-state index in [9.17, 15) is 0 Å². The molecule has 82 valence electrons. The SMILES string of the molecule is CC(C)(C)C(=S)c1cnc2ccccc2c1. The van der Waals surface area contributed by atoms with E-state index in [1.807, 2.05) is 24.4 Å². The van der Waals surface area contributed by atoms with Gasteiger partial charge in [-0.1, -0.05) is 51.2 Å². The summed E-state index contributed by atoms with van der Waals surface area (Å²) in [6, 6.07) is 10.2. The quantitative estimate of drug-likeness (QED) is 0.541. The predicted octanol–water partition coefficient (Wildman–Crippen LogP) is 4.00. The van der Waals surface area contributed by atoms with Crippen LogP contribution in [0, 0.1) is 5.41 Å². The van der Waals surface area contributed by atoms with E-state index in [1.54, 1.807) is 0 Å². The van der Waals surface area contributed by atoms with Crippen LogP contribution < -0.4 is 0 Å². The molecule has 0 N–H and O–H groups in total. The summed E-state index contributed by atoms with van der Waals surface area (Å²) in [5.74, 6) is 0. The van der Waals surface area contributed by atoms with Gasteiger partial charge in [0.1, 0.15) is 0 Å². The van der Waals surface area contributed by atoms with Crippen molar-refractivity contribution >= 4 is 28.0 Å². The van der Waals surface area contributed by atoms with Crippen LogP contribution in [-0.4, -0.2) is 9.85 Å². The summed E-state index contributed by atoms with van der Waals surface area (Å²) in [5, 5.41) is 1.15. The first-order chi connectivity index (χ1) is 7.48. The molecule has 0 atom stereocenters. The Morgan fingerprint density at radius 1 is 1.19 bits per heavy atom. The number of pyridine rings is 1. The van der Waals surface area contributed by atoms with Crippen LogP contribution in [0.15, 0.2) is 36.5 Å². The molecule has 0 radical (unpaired) electrons. The third-order valence-electron chi connectivity index (χ3n) is 2.53. The van der Waals surface area contributed by atoms with Crippen LogP contribution in [0.1, 0.15) is 26.3 Å². The summed E-state index contributed by atoms with van der Waals surface area (Å²) in [4.78, 5) is 5.39. The maximum absolute atomic E-state index is 5.48. The molecular weight excluding hydrogens is 214 g/mol. The van der Waals surface area contributed by atoms with Gasteiger partial charge in [-0.3, -0.25) is 4.98 Å². The van der Waals surface area contributed by atoms with Gasteiger partial charge in [0, 0.05) is 22.0 Å². The lowest BCUT2D eigenvalue weighted by Gasteiger charge is -2.19. The average molecular weight is 229 g/mol. The standard InChI is InChI=1S/C14H15NS/c1-14(2,3)13(16)11-8-10-6-4-5-7-12(10)15-9-11/h4-9H,1-3H3. The molecule has 0 fully saturated rings. The van der Waals surface area contributed by atoms with Crippen molar-refractivity contribution in [2.45, 2.75) is 20.8 Å². The van der Waals surface area contributed by atoms with Crippen LogP contribution in [0.25, 0.3) is 10.9 Å². The average Bonchev–Trinajstić information content (AvgIpc) is 2.26. The number of para-hydroxylation sites is 1. The summed E-state index contributed by atoms with van der Waals surface area (Å²) in [7, 11) is 0. The van der Waals surface area contributed by atoms with Gasteiger partial charge in [0.25, 0.3) is 0 Å². The molecule has 0 spiro atoms. The molecule has 0 amide bonds. The smallest absolute Gasteiger partial charge is 0.0702 e. The minimum absolute atomic E-state index is 0.0134. The molecule has 1 aromatic heterocycles. The van der Waals surface area contributed by atoms with Gasteiger partial charge in [-0.2, -0.15) is 0 Å². The largest absolute Gasteiger partial charge is 0.256 e.